The first-order valence-corrected chi connectivity index (χ1v) is 12.3. The molecule has 164 valence electrons. The molecule has 5 nitrogen and oxygen atoms in total. The third-order valence-corrected chi connectivity index (χ3v) is 6.78. The molecule has 0 fully saturated rings. The Bertz CT molecular complexity index is 1510. The lowest BCUT2D eigenvalue weighted by Crippen LogP contribution is -2.23. The van der Waals surface area contributed by atoms with E-state index in [0.717, 1.165) is 52.2 Å². The lowest BCUT2D eigenvalue weighted by molar-refractivity contribution is 0.0952. The first kappa shape index (κ1) is 22.1. The number of benzene rings is 3. The topological polar surface area (TPSA) is 83.8 Å². The Hall–Kier alpha value is -2.75. The molecule has 0 bridgehead atoms. The molecule has 4 N–H and O–H groups in total. The van der Waals surface area contributed by atoms with E-state index in [1.807, 2.05) is 66.9 Å². The van der Waals surface area contributed by atoms with Crippen LogP contribution in [0.25, 0.3) is 33.1 Å². The van der Waals surface area contributed by atoms with Crippen LogP contribution in [0.5, 0.6) is 0 Å². The van der Waals surface area contributed by atoms with Gasteiger partial charge < -0.3 is 16.0 Å². The van der Waals surface area contributed by atoms with E-state index in [4.69, 9.17) is 10.7 Å². The molecule has 2 heterocycles. The second-order valence-corrected chi connectivity index (χ2v) is 9.98. The van der Waals surface area contributed by atoms with Gasteiger partial charge in [-0.15, -0.1) is 0 Å². The van der Waals surface area contributed by atoms with E-state index in [9.17, 15) is 4.79 Å². The summed E-state index contributed by atoms with van der Waals surface area (Å²) in [4.78, 5) is 21.5. The fourth-order valence-corrected chi connectivity index (χ4v) is 4.81. The number of aromatic nitrogens is 2. The standard InChI is InChI=1S/C26H20BrIN4O/c27-17-4-7-23-20(9-17)22(14-30-23)25-11-21(19-6-5-18(28)10-24(19)32-25)26(33)31-13-16-3-1-2-15(8-16)12-29/h1-11,14,30H,12-13,29H2,(H,31,33). The van der Waals surface area contributed by atoms with Crippen LogP contribution in [0.4, 0.5) is 0 Å². The number of amides is 1. The number of nitrogens with zero attached hydrogens (tertiary/aromatic N) is 1. The maximum atomic E-state index is 13.3. The van der Waals surface area contributed by atoms with E-state index in [1.54, 1.807) is 0 Å². The minimum absolute atomic E-state index is 0.135. The highest BCUT2D eigenvalue weighted by atomic mass is 127. The molecule has 0 atom stereocenters. The van der Waals surface area contributed by atoms with Crippen LogP contribution in [0.3, 0.4) is 0 Å². The van der Waals surface area contributed by atoms with Crippen LogP contribution in [-0.2, 0) is 13.1 Å². The van der Waals surface area contributed by atoms with Gasteiger partial charge in [-0.25, -0.2) is 4.98 Å². The Morgan fingerprint density at radius 3 is 2.73 bits per heavy atom. The van der Waals surface area contributed by atoms with Crippen molar-refractivity contribution in [2.24, 2.45) is 5.73 Å². The molecule has 0 radical (unpaired) electrons. The number of nitrogens with two attached hydrogens (primary N) is 1. The number of aromatic amines is 1. The van der Waals surface area contributed by atoms with Crippen LogP contribution in [0.1, 0.15) is 21.5 Å². The molecule has 0 aliphatic rings. The van der Waals surface area contributed by atoms with Crippen LogP contribution in [-0.4, -0.2) is 15.9 Å². The van der Waals surface area contributed by atoms with Gasteiger partial charge in [0.05, 0.1) is 16.8 Å². The third kappa shape index (κ3) is 4.53. The Morgan fingerprint density at radius 2 is 1.88 bits per heavy atom. The number of nitrogens with one attached hydrogen (secondary N) is 2. The molecule has 5 rings (SSSR count). The normalized spacial score (nSPS) is 11.2. The van der Waals surface area contributed by atoms with Gasteiger partial charge in [-0.2, -0.15) is 0 Å². The van der Waals surface area contributed by atoms with E-state index in [2.05, 4.69) is 54.9 Å². The van der Waals surface area contributed by atoms with Gasteiger partial charge >= 0.3 is 0 Å². The molecule has 5 aromatic rings. The SMILES string of the molecule is NCc1cccc(CNC(=O)c2cc(-c3c[nH]c4ccc(Br)cc34)nc3cc(I)ccc23)c1. The second-order valence-electron chi connectivity index (χ2n) is 7.82. The molecule has 0 aliphatic heterocycles. The van der Waals surface area contributed by atoms with Crippen molar-refractivity contribution >= 4 is 66.2 Å². The molecule has 7 heteroatoms. The number of carbonyl (C=O) groups excluding carboxylic acids is 1. The third-order valence-electron chi connectivity index (χ3n) is 5.62. The van der Waals surface area contributed by atoms with Crippen molar-refractivity contribution in [3.63, 3.8) is 0 Å². The number of hydrogen-bond donors (Lipinski definition) is 3. The van der Waals surface area contributed by atoms with Gasteiger partial charge in [0.25, 0.3) is 5.91 Å². The van der Waals surface area contributed by atoms with Crippen molar-refractivity contribution in [1.82, 2.24) is 15.3 Å². The molecule has 0 aliphatic carbocycles. The van der Waals surface area contributed by atoms with Crippen LogP contribution in [0.15, 0.2) is 77.4 Å². The summed E-state index contributed by atoms with van der Waals surface area (Å²) in [5.41, 5.74) is 11.9. The van der Waals surface area contributed by atoms with Crippen molar-refractivity contribution in [1.29, 1.82) is 0 Å². The highest BCUT2D eigenvalue weighted by Crippen LogP contribution is 2.32. The summed E-state index contributed by atoms with van der Waals surface area (Å²) in [5.74, 6) is -0.135. The molecule has 33 heavy (non-hydrogen) atoms. The molecular formula is C26H20BrIN4O. The maximum absolute atomic E-state index is 13.3. The van der Waals surface area contributed by atoms with Crippen molar-refractivity contribution < 1.29 is 4.79 Å². The van der Waals surface area contributed by atoms with Gasteiger partial charge in [0, 0.05) is 49.2 Å². The minimum Gasteiger partial charge on any atom is -0.360 e. The van der Waals surface area contributed by atoms with E-state index < -0.39 is 0 Å². The Labute approximate surface area is 213 Å². The van der Waals surface area contributed by atoms with E-state index in [1.165, 1.54) is 0 Å². The number of fused-ring (bicyclic) bond motifs is 2. The van der Waals surface area contributed by atoms with Crippen molar-refractivity contribution in [2.45, 2.75) is 13.1 Å². The van der Waals surface area contributed by atoms with Crippen LogP contribution in [0, 0.1) is 3.57 Å². The number of rotatable bonds is 5. The summed E-state index contributed by atoms with van der Waals surface area (Å²) >= 11 is 5.83. The summed E-state index contributed by atoms with van der Waals surface area (Å²) in [6.07, 6.45) is 1.94. The molecule has 1 amide bonds. The zero-order valence-electron chi connectivity index (χ0n) is 17.5. The van der Waals surface area contributed by atoms with Gasteiger partial charge in [-0.05, 0) is 70.1 Å². The van der Waals surface area contributed by atoms with Gasteiger partial charge in [0.15, 0.2) is 0 Å². The Kier molecular flexibility index (Phi) is 6.18. The summed E-state index contributed by atoms with van der Waals surface area (Å²) in [6.45, 7) is 0.899. The van der Waals surface area contributed by atoms with Gasteiger partial charge in [0.2, 0.25) is 0 Å². The quantitative estimate of drug-likeness (QED) is 0.209. The molecule has 2 aromatic heterocycles. The smallest absolute Gasteiger partial charge is 0.252 e. The Morgan fingerprint density at radius 1 is 1.03 bits per heavy atom. The lowest BCUT2D eigenvalue weighted by Gasteiger charge is -2.11. The van der Waals surface area contributed by atoms with Gasteiger partial charge in [-0.3, -0.25) is 4.79 Å². The zero-order valence-corrected chi connectivity index (χ0v) is 21.3. The predicted molar refractivity (Wildman–Crippen MR) is 145 cm³/mol. The van der Waals surface area contributed by atoms with Crippen molar-refractivity contribution in [3.05, 3.63) is 97.7 Å². The second kappa shape index (κ2) is 9.24. The summed E-state index contributed by atoms with van der Waals surface area (Å²) in [6, 6.07) is 21.9. The summed E-state index contributed by atoms with van der Waals surface area (Å²) < 4.78 is 2.06. The maximum Gasteiger partial charge on any atom is 0.252 e. The number of hydrogen-bond acceptors (Lipinski definition) is 3. The fraction of sp³-hybridized carbons (Fsp3) is 0.0769. The van der Waals surface area contributed by atoms with Gasteiger partial charge in [-0.1, -0.05) is 46.3 Å². The number of halogens is 2. The summed E-state index contributed by atoms with van der Waals surface area (Å²) in [5, 5.41) is 4.94. The van der Waals surface area contributed by atoms with Crippen LogP contribution >= 0.6 is 38.5 Å². The highest BCUT2D eigenvalue weighted by molar-refractivity contribution is 14.1. The first-order chi connectivity index (χ1) is 16.0. The van der Waals surface area contributed by atoms with Crippen LogP contribution in [0.2, 0.25) is 0 Å². The molecule has 3 aromatic carbocycles. The number of carbonyl (C=O) groups is 1. The molecule has 0 unspecified atom stereocenters. The predicted octanol–water partition coefficient (Wildman–Crippen LogP) is 6.14. The molecular weight excluding hydrogens is 591 g/mol. The minimum atomic E-state index is -0.135. The van der Waals surface area contributed by atoms with E-state index in [0.29, 0.717) is 18.7 Å². The largest absolute Gasteiger partial charge is 0.360 e. The number of pyridine rings is 1. The van der Waals surface area contributed by atoms with Crippen LogP contribution < -0.4 is 11.1 Å². The molecule has 0 saturated carbocycles. The van der Waals surface area contributed by atoms with Crippen molar-refractivity contribution in [3.8, 4) is 11.3 Å². The molecule has 0 saturated heterocycles. The van der Waals surface area contributed by atoms with Gasteiger partial charge in [0.1, 0.15) is 0 Å². The van der Waals surface area contributed by atoms with E-state index >= 15 is 0 Å². The zero-order chi connectivity index (χ0) is 22.9. The van der Waals surface area contributed by atoms with Crippen molar-refractivity contribution in [2.75, 3.05) is 0 Å². The summed E-state index contributed by atoms with van der Waals surface area (Å²) in [7, 11) is 0. The first-order valence-electron chi connectivity index (χ1n) is 10.5. The Balaban J connectivity index is 1.57. The lowest BCUT2D eigenvalue weighted by atomic mass is 10.0. The van der Waals surface area contributed by atoms with E-state index in [-0.39, 0.29) is 5.91 Å². The molecule has 0 spiro atoms. The monoisotopic (exact) mass is 610 g/mol. The average Bonchev–Trinajstić information content (AvgIpc) is 3.24. The average molecular weight is 611 g/mol. The number of H-pyrrole nitrogens is 1. The fourth-order valence-electron chi connectivity index (χ4n) is 3.98. The highest BCUT2D eigenvalue weighted by Gasteiger charge is 2.16.